The number of rotatable bonds is 2. The van der Waals surface area contributed by atoms with E-state index in [9.17, 15) is 5.11 Å². The lowest BCUT2D eigenvalue weighted by Gasteiger charge is -2.30. The first kappa shape index (κ1) is 11.0. The van der Waals surface area contributed by atoms with Gasteiger partial charge in [0.15, 0.2) is 0 Å². The molecule has 0 bridgehead atoms. The summed E-state index contributed by atoms with van der Waals surface area (Å²) in [5, 5.41) is 12.9. The Kier molecular flexibility index (Phi) is 3.74. The van der Waals surface area contributed by atoms with E-state index >= 15 is 0 Å². The van der Waals surface area contributed by atoms with Crippen molar-refractivity contribution in [1.82, 2.24) is 5.32 Å². The Morgan fingerprint density at radius 1 is 1.38 bits per heavy atom. The van der Waals surface area contributed by atoms with Gasteiger partial charge in [0.25, 0.3) is 0 Å². The number of hydrogen-bond donors (Lipinski definition) is 2. The van der Waals surface area contributed by atoms with Crippen molar-refractivity contribution in [2.45, 2.75) is 46.1 Å². The van der Waals surface area contributed by atoms with E-state index < -0.39 is 0 Å². The third-order valence-electron chi connectivity index (χ3n) is 2.85. The Bertz CT molecular complexity index is 151. The molecular formula is C11H23NO. The van der Waals surface area contributed by atoms with Crippen LogP contribution in [0.1, 0.15) is 40.0 Å². The molecule has 1 aliphatic rings. The molecule has 2 N–H and O–H groups in total. The van der Waals surface area contributed by atoms with Gasteiger partial charge in [-0.05, 0) is 37.1 Å². The molecule has 1 rings (SSSR count). The van der Waals surface area contributed by atoms with Crippen molar-refractivity contribution in [3.8, 4) is 0 Å². The van der Waals surface area contributed by atoms with Crippen molar-refractivity contribution in [2.24, 2.45) is 11.3 Å². The largest absolute Gasteiger partial charge is 0.392 e. The molecule has 0 radical (unpaired) electrons. The molecule has 1 heterocycles. The molecule has 78 valence electrons. The standard InChI is InChI=1S/C11H23NO/c1-11(2,3)6-4-9-5-7-12-8-10(9)13/h9-10,12-13H,4-8H2,1-3H3/t9?,10-/m0/s1. The lowest BCUT2D eigenvalue weighted by atomic mass is 9.82. The summed E-state index contributed by atoms with van der Waals surface area (Å²) in [6.45, 7) is 8.65. The number of hydrogen-bond acceptors (Lipinski definition) is 2. The highest BCUT2D eigenvalue weighted by atomic mass is 16.3. The van der Waals surface area contributed by atoms with E-state index in [4.69, 9.17) is 0 Å². The molecule has 0 saturated carbocycles. The van der Waals surface area contributed by atoms with Gasteiger partial charge in [0, 0.05) is 6.54 Å². The molecule has 0 aromatic rings. The van der Waals surface area contributed by atoms with Gasteiger partial charge in [-0.1, -0.05) is 20.8 Å². The number of β-amino-alcohol motifs (C(OH)–C–C–N with tert-alkyl or cyclic N) is 1. The van der Waals surface area contributed by atoms with Crippen LogP contribution < -0.4 is 5.32 Å². The lowest BCUT2D eigenvalue weighted by Crippen LogP contribution is -2.40. The predicted octanol–water partition coefficient (Wildman–Crippen LogP) is 1.78. The molecule has 1 fully saturated rings. The van der Waals surface area contributed by atoms with Gasteiger partial charge in [-0.25, -0.2) is 0 Å². The summed E-state index contributed by atoms with van der Waals surface area (Å²) < 4.78 is 0. The molecule has 1 unspecified atom stereocenters. The summed E-state index contributed by atoms with van der Waals surface area (Å²) in [6.07, 6.45) is 3.41. The summed E-state index contributed by atoms with van der Waals surface area (Å²) in [7, 11) is 0. The topological polar surface area (TPSA) is 32.3 Å². The molecule has 2 atom stereocenters. The van der Waals surface area contributed by atoms with Gasteiger partial charge in [-0.2, -0.15) is 0 Å². The van der Waals surface area contributed by atoms with Crippen molar-refractivity contribution >= 4 is 0 Å². The molecule has 0 aliphatic carbocycles. The smallest absolute Gasteiger partial charge is 0.0693 e. The van der Waals surface area contributed by atoms with E-state index in [1.54, 1.807) is 0 Å². The quantitative estimate of drug-likeness (QED) is 0.687. The normalized spacial score (nSPS) is 30.5. The maximum absolute atomic E-state index is 9.70. The summed E-state index contributed by atoms with van der Waals surface area (Å²) in [6, 6.07) is 0. The molecule has 13 heavy (non-hydrogen) atoms. The second-order valence-corrected chi connectivity index (χ2v) is 5.42. The average Bonchev–Trinajstić information content (AvgIpc) is 2.01. The minimum absolute atomic E-state index is 0.115. The van der Waals surface area contributed by atoms with Crippen LogP contribution in [0.3, 0.4) is 0 Å². The van der Waals surface area contributed by atoms with Crippen LogP contribution in [-0.4, -0.2) is 24.3 Å². The fraction of sp³-hybridized carbons (Fsp3) is 1.00. The van der Waals surface area contributed by atoms with Gasteiger partial charge >= 0.3 is 0 Å². The molecule has 1 saturated heterocycles. The summed E-state index contributed by atoms with van der Waals surface area (Å²) >= 11 is 0. The third kappa shape index (κ3) is 4.10. The Labute approximate surface area is 81.7 Å². The highest BCUT2D eigenvalue weighted by Crippen LogP contribution is 2.27. The number of aliphatic hydroxyl groups is 1. The zero-order valence-electron chi connectivity index (χ0n) is 9.14. The van der Waals surface area contributed by atoms with Crippen LogP contribution in [0.15, 0.2) is 0 Å². The molecule has 0 aromatic carbocycles. The molecule has 1 aliphatic heterocycles. The summed E-state index contributed by atoms with van der Waals surface area (Å²) in [4.78, 5) is 0. The van der Waals surface area contributed by atoms with Crippen molar-refractivity contribution in [3.63, 3.8) is 0 Å². The van der Waals surface area contributed by atoms with Crippen LogP contribution in [-0.2, 0) is 0 Å². The van der Waals surface area contributed by atoms with Crippen LogP contribution in [0.2, 0.25) is 0 Å². The SMILES string of the molecule is CC(C)(C)CCC1CCNC[C@@H]1O. The summed E-state index contributed by atoms with van der Waals surface area (Å²) in [5.41, 5.74) is 0.407. The van der Waals surface area contributed by atoms with E-state index in [0.717, 1.165) is 19.5 Å². The average molecular weight is 185 g/mol. The first-order chi connectivity index (χ1) is 5.99. The molecular weight excluding hydrogens is 162 g/mol. The van der Waals surface area contributed by atoms with Crippen LogP contribution in [0.25, 0.3) is 0 Å². The highest BCUT2D eigenvalue weighted by Gasteiger charge is 2.24. The maximum atomic E-state index is 9.70. The van der Waals surface area contributed by atoms with E-state index in [1.807, 2.05) is 0 Å². The second kappa shape index (κ2) is 4.43. The van der Waals surface area contributed by atoms with E-state index in [-0.39, 0.29) is 6.10 Å². The van der Waals surface area contributed by atoms with E-state index in [0.29, 0.717) is 11.3 Å². The Balaban J connectivity index is 2.27. The van der Waals surface area contributed by atoms with Gasteiger partial charge < -0.3 is 10.4 Å². The van der Waals surface area contributed by atoms with E-state index in [1.165, 1.54) is 12.8 Å². The zero-order valence-corrected chi connectivity index (χ0v) is 9.14. The maximum Gasteiger partial charge on any atom is 0.0693 e. The number of aliphatic hydroxyl groups excluding tert-OH is 1. The minimum atomic E-state index is -0.115. The predicted molar refractivity (Wildman–Crippen MR) is 55.7 cm³/mol. The molecule has 2 heteroatoms. The minimum Gasteiger partial charge on any atom is -0.392 e. The van der Waals surface area contributed by atoms with Crippen molar-refractivity contribution < 1.29 is 5.11 Å². The van der Waals surface area contributed by atoms with Gasteiger partial charge in [-0.15, -0.1) is 0 Å². The number of nitrogens with one attached hydrogen (secondary N) is 1. The van der Waals surface area contributed by atoms with E-state index in [2.05, 4.69) is 26.1 Å². The van der Waals surface area contributed by atoms with Crippen molar-refractivity contribution in [3.05, 3.63) is 0 Å². The zero-order chi connectivity index (χ0) is 9.90. The van der Waals surface area contributed by atoms with Gasteiger partial charge in [0.05, 0.1) is 6.10 Å². The monoisotopic (exact) mass is 185 g/mol. The Morgan fingerprint density at radius 2 is 2.08 bits per heavy atom. The fourth-order valence-corrected chi connectivity index (χ4v) is 1.85. The van der Waals surface area contributed by atoms with Crippen LogP contribution in [0.5, 0.6) is 0 Å². The number of piperidine rings is 1. The Morgan fingerprint density at radius 3 is 2.62 bits per heavy atom. The van der Waals surface area contributed by atoms with Crippen LogP contribution in [0, 0.1) is 11.3 Å². The third-order valence-corrected chi connectivity index (χ3v) is 2.85. The molecule has 0 aromatic heterocycles. The van der Waals surface area contributed by atoms with Crippen molar-refractivity contribution in [1.29, 1.82) is 0 Å². The fourth-order valence-electron chi connectivity index (χ4n) is 1.85. The highest BCUT2D eigenvalue weighted by molar-refractivity contribution is 4.78. The first-order valence-electron chi connectivity index (χ1n) is 5.38. The van der Waals surface area contributed by atoms with Gasteiger partial charge in [-0.3, -0.25) is 0 Å². The van der Waals surface area contributed by atoms with Crippen LogP contribution >= 0.6 is 0 Å². The first-order valence-corrected chi connectivity index (χ1v) is 5.38. The summed E-state index contributed by atoms with van der Waals surface area (Å²) in [5.74, 6) is 0.528. The molecule has 0 amide bonds. The van der Waals surface area contributed by atoms with Crippen LogP contribution in [0.4, 0.5) is 0 Å². The Hall–Kier alpha value is -0.0800. The lowest BCUT2D eigenvalue weighted by molar-refractivity contribution is 0.0705. The van der Waals surface area contributed by atoms with Crippen molar-refractivity contribution in [2.75, 3.05) is 13.1 Å². The van der Waals surface area contributed by atoms with Gasteiger partial charge in [0.1, 0.15) is 0 Å². The van der Waals surface area contributed by atoms with Gasteiger partial charge in [0.2, 0.25) is 0 Å². The molecule has 2 nitrogen and oxygen atoms in total. The molecule has 0 spiro atoms. The second-order valence-electron chi connectivity index (χ2n) is 5.42.